The minimum atomic E-state index is -1.28. The van der Waals surface area contributed by atoms with Crippen molar-refractivity contribution in [2.75, 3.05) is 13.7 Å². The summed E-state index contributed by atoms with van der Waals surface area (Å²) in [5.41, 5.74) is -0.0318. The second-order valence-corrected chi connectivity index (χ2v) is 15.8. The number of carbonyl (C=O) groups excluding carboxylic acids is 5. The molecule has 5 rings (SSSR count). The van der Waals surface area contributed by atoms with Crippen LogP contribution in [-0.4, -0.2) is 74.1 Å². The zero-order chi connectivity index (χ0) is 39.2. The quantitative estimate of drug-likeness (QED) is 0.114. The highest BCUT2D eigenvalue weighted by Crippen LogP contribution is 2.72. The Bertz CT molecular complexity index is 1720. The molecule has 53 heavy (non-hydrogen) atoms. The largest absolute Gasteiger partial charge is 0.472 e. The summed E-state index contributed by atoms with van der Waals surface area (Å²) in [6.07, 6.45) is 2.59. The number of furan rings is 1. The van der Waals surface area contributed by atoms with E-state index >= 15 is 0 Å². The summed E-state index contributed by atoms with van der Waals surface area (Å²) in [7, 11) is 1.31. The van der Waals surface area contributed by atoms with Crippen LogP contribution < -0.4 is 0 Å². The molecular formula is C41H54O12. The highest BCUT2D eigenvalue weighted by molar-refractivity contribution is 5.88. The molecule has 0 N–H and O–H groups in total. The van der Waals surface area contributed by atoms with E-state index in [2.05, 4.69) is 0 Å². The van der Waals surface area contributed by atoms with Crippen molar-refractivity contribution in [3.8, 4) is 0 Å². The van der Waals surface area contributed by atoms with E-state index in [1.54, 1.807) is 52.4 Å². The maximum Gasteiger partial charge on any atom is 0.333 e. The molecule has 2 heterocycles. The summed E-state index contributed by atoms with van der Waals surface area (Å²) in [4.78, 5) is 66.8. The normalized spacial score (nSPS) is 36.7. The standard InChI is InChI=1S/C41H54O12/c1-12-21(3)37(45)52-31-18-30(51-25(7)43)39(8)20-49-34-35(39)40(31,9)29(17-32(44)47-11)41(10,36(34)53-38(46)22(4)13-2)33-23(5)27(26-14-15-48-19-26)16-28(33)50-24(6)42/h12-15,19,27-31,34-36H,16-18,20H2,1-11H3/t27-,28+,29-,30-,31+,34-,35-,36?,39-,40+,41-/m1/s1. The van der Waals surface area contributed by atoms with Crippen LogP contribution in [0.25, 0.3) is 0 Å². The molecule has 1 aromatic rings. The third-order valence-electron chi connectivity index (χ3n) is 13.0. The molecule has 0 bridgehead atoms. The van der Waals surface area contributed by atoms with E-state index in [4.69, 9.17) is 32.8 Å². The Labute approximate surface area is 311 Å². The minimum Gasteiger partial charge on any atom is -0.472 e. The molecule has 1 aliphatic heterocycles. The smallest absolute Gasteiger partial charge is 0.333 e. The molecule has 11 atom stereocenters. The summed E-state index contributed by atoms with van der Waals surface area (Å²) >= 11 is 0. The Hall–Kier alpha value is -4.19. The SMILES string of the molecule is CC=C(C)C(=O)OC1[C@@H]2OC[C@@]3(C)[C@@H]2[C@](C)([C@@H](OC(=O)C(C)=CC)C[C@H]3OC(C)=O)[C@@H](CC(=O)OC)[C@]1(C)C1=C(C)[C@H](c2ccoc2)C[C@@H]1OC(C)=O. The first-order valence-electron chi connectivity index (χ1n) is 18.3. The first-order valence-corrected chi connectivity index (χ1v) is 18.3. The Morgan fingerprint density at radius 1 is 0.868 bits per heavy atom. The van der Waals surface area contributed by atoms with E-state index in [1.165, 1.54) is 21.0 Å². The minimum absolute atomic E-state index is 0.126. The Balaban J connectivity index is 1.87. The van der Waals surface area contributed by atoms with Gasteiger partial charge in [-0.25, -0.2) is 9.59 Å². The average Bonchev–Trinajstić information content (AvgIpc) is 3.84. The van der Waals surface area contributed by atoms with Gasteiger partial charge in [0.1, 0.15) is 24.4 Å². The molecule has 0 aromatic carbocycles. The van der Waals surface area contributed by atoms with Crippen molar-refractivity contribution in [2.24, 2.45) is 28.1 Å². The van der Waals surface area contributed by atoms with Gasteiger partial charge in [-0.2, -0.15) is 0 Å². The van der Waals surface area contributed by atoms with Gasteiger partial charge in [-0.1, -0.05) is 38.5 Å². The van der Waals surface area contributed by atoms with Gasteiger partial charge < -0.3 is 32.8 Å². The van der Waals surface area contributed by atoms with Gasteiger partial charge in [-0.15, -0.1) is 0 Å². The predicted molar refractivity (Wildman–Crippen MR) is 191 cm³/mol. The lowest BCUT2D eigenvalue weighted by Gasteiger charge is -2.66. The van der Waals surface area contributed by atoms with Crippen LogP contribution in [0.4, 0.5) is 0 Å². The van der Waals surface area contributed by atoms with Crippen LogP contribution in [0.2, 0.25) is 0 Å². The van der Waals surface area contributed by atoms with Crippen LogP contribution in [0.15, 0.2) is 57.5 Å². The van der Waals surface area contributed by atoms with Gasteiger partial charge in [0.25, 0.3) is 0 Å². The lowest BCUT2D eigenvalue weighted by atomic mass is 9.39. The molecule has 1 unspecified atom stereocenters. The highest BCUT2D eigenvalue weighted by Gasteiger charge is 2.77. The second-order valence-electron chi connectivity index (χ2n) is 15.8. The zero-order valence-electron chi connectivity index (χ0n) is 32.7. The summed E-state index contributed by atoms with van der Waals surface area (Å²) < 4.78 is 42.8. The van der Waals surface area contributed by atoms with Crippen molar-refractivity contribution >= 4 is 29.8 Å². The fourth-order valence-corrected chi connectivity index (χ4v) is 10.3. The first-order chi connectivity index (χ1) is 24.9. The summed E-state index contributed by atoms with van der Waals surface area (Å²) in [6, 6.07) is 1.86. The number of hydrogen-bond acceptors (Lipinski definition) is 12. The lowest BCUT2D eigenvalue weighted by Crippen LogP contribution is -2.72. The molecule has 0 amide bonds. The molecular weight excluding hydrogens is 684 g/mol. The van der Waals surface area contributed by atoms with E-state index in [1.807, 2.05) is 33.8 Å². The monoisotopic (exact) mass is 738 g/mol. The van der Waals surface area contributed by atoms with Crippen LogP contribution in [0.1, 0.15) is 100.0 Å². The Morgan fingerprint density at radius 3 is 2.04 bits per heavy atom. The third kappa shape index (κ3) is 6.65. The van der Waals surface area contributed by atoms with E-state index in [-0.39, 0.29) is 25.4 Å². The number of esters is 5. The number of methoxy groups -OCH3 is 1. The number of allylic oxidation sites excluding steroid dienone is 3. The molecule has 1 saturated heterocycles. The molecule has 3 fully saturated rings. The topological polar surface area (TPSA) is 154 Å². The highest BCUT2D eigenvalue weighted by atomic mass is 16.6. The maximum absolute atomic E-state index is 13.9. The van der Waals surface area contributed by atoms with Crippen molar-refractivity contribution in [1.29, 1.82) is 0 Å². The average molecular weight is 739 g/mol. The lowest BCUT2D eigenvalue weighted by molar-refractivity contribution is -0.260. The number of hydrogen-bond donors (Lipinski definition) is 0. The molecule has 4 aliphatic rings. The molecule has 3 aliphatic carbocycles. The van der Waals surface area contributed by atoms with Crippen LogP contribution in [0.5, 0.6) is 0 Å². The van der Waals surface area contributed by atoms with E-state index in [0.29, 0.717) is 23.1 Å². The van der Waals surface area contributed by atoms with Crippen molar-refractivity contribution < 1.29 is 56.8 Å². The summed E-state index contributed by atoms with van der Waals surface area (Å²) in [5.74, 6) is -4.22. The number of ether oxygens (including phenoxy) is 6. The van der Waals surface area contributed by atoms with Gasteiger partial charge in [0.2, 0.25) is 0 Å². The Morgan fingerprint density at radius 2 is 1.49 bits per heavy atom. The van der Waals surface area contributed by atoms with Crippen molar-refractivity contribution in [1.82, 2.24) is 0 Å². The zero-order valence-corrected chi connectivity index (χ0v) is 32.7. The van der Waals surface area contributed by atoms with Crippen LogP contribution >= 0.6 is 0 Å². The predicted octanol–water partition coefficient (Wildman–Crippen LogP) is 6.33. The molecule has 0 spiro atoms. The van der Waals surface area contributed by atoms with Crippen molar-refractivity contribution in [3.63, 3.8) is 0 Å². The fraction of sp³-hybridized carbons (Fsp3) is 0.634. The van der Waals surface area contributed by atoms with Gasteiger partial charge in [0, 0.05) is 65.9 Å². The second kappa shape index (κ2) is 14.9. The molecule has 2 saturated carbocycles. The van der Waals surface area contributed by atoms with Crippen LogP contribution in [-0.2, 0) is 52.4 Å². The number of carbonyl (C=O) groups is 5. The first kappa shape index (κ1) is 40.0. The van der Waals surface area contributed by atoms with Crippen molar-refractivity contribution in [2.45, 2.75) is 125 Å². The molecule has 290 valence electrons. The third-order valence-corrected chi connectivity index (χ3v) is 13.0. The van der Waals surface area contributed by atoms with Crippen molar-refractivity contribution in [3.05, 3.63) is 58.6 Å². The van der Waals surface area contributed by atoms with E-state index in [9.17, 15) is 24.0 Å². The summed E-state index contributed by atoms with van der Waals surface area (Å²) in [6.45, 7) is 17.5. The van der Waals surface area contributed by atoms with Gasteiger partial charge in [-0.3, -0.25) is 14.4 Å². The fourth-order valence-electron chi connectivity index (χ4n) is 10.3. The van der Waals surface area contributed by atoms with Gasteiger partial charge in [0.15, 0.2) is 0 Å². The number of rotatable bonds is 10. The maximum atomic E-state index is 13.9. The van der Waals surface area contributed by atoms with Gasteiger partial charge >= 0.3 is 29.8 Å². The summed E-state index contributed by atoms with van der Waals surface area (Å²) in [5, 5.41) is 0. The van der Waals surface area contributed by atoms with Gasteiger partial charge in [-0.05, 0) is 64.2 Å². The van der Waals surface area contributed by atoms with Crippen LogP contribution in [0.3, 0.4) is 0 Å². The van der Waals surface area contributed by atoms with Gasteiger partial charge in [0.05, 0.1) is 32.3 Å². The van der Waals surface area contributed by atoms with E-state index < -0.39 is 88.4 Å². The molecule has 12 heteroatoms. The Kier molecular flexibility index (Phi) is 11.3. The molecule has 1 aromatic heterocycles. The van der Waals surface area contributed by atoms with Crippen LogP contribution in [0, 0.1) is 28.1 Å². The molecule has 0 radical (unpaired) electrons. The molecule has 12 nitrogen and oxygen atoms in total. The van der Waals surface area contributed by atoms with E-state index in [0.717, 1.165) is 11.1 Å².